The van der Waals surface area contributed by atoms with Crippen LogP contribution in [0.3, 0.4) is 0 Å². The fourth-order valence-electron chi connectivity index (χ4n) is 2.30. The molecule has 0 amide bonds. The lowest BCUT2D eigenvalue weighted by Gasteiger charge is -2.43. The Balaban J connectivity index is 4.52. The zero-order valence-electron chi connectivity index (χ0n) is 12.2. The van der Waals surface area contributed by atoms with Gasteiger partial charge in [0.05, 0.1) is 0 Å². The van der Waals surface area contributed by atoms with Crippen LogP contribution >= 0.6 is 0 Å². The monoisotopic (exact) mass is 228 g/mol. The molecule has 0 spiro atoms. The van der Waals surface area contributed by atoms with E-state index in [1.165, 1.54) is 25.7 Å². The zero-order valence-corrected chi connectivity index (χ0v) is 12.2. The molecular weight excluding hydrogens is 196 g/mol. The smallest absolute Gasteiger partial charge is 0.0303 e. The number of nitrogens with two attached hydrogens (primary N) is 1. The SMILES string of the molecule is CCC(CC)N(C)C(C)(CN)CCC(C)C. The van der Waals surface area contributed by atoms with Gasteiger partial charge >= 0.3 is 0 Å². The van der Waals surface area contributed by atoms with Crippen LogP contribution in [-0.4, -0.2) is 30.1 Å². The summed E-state index contributed by atoms with van der Waals surface area (Å²) in [5.41, 5.74) is 6.17. The van der Waals surface area contributed by atoms with Crippen molar-refractivity contribution in [2.45, 2.75) is 71.9 Å². The van der Waals surface area contributed by atoms with Crippen molar-refractivity contribution < 1.29 is 0 Å². The van der Waals surface area contributed by atoms with E-state index < -0.39 is 0 Å². The molecule has 0 bridgehead atoms. The van der Waals surface area contributed by atoms with Gasteiger partial charge in [0.25, 0.3) is 0 Å². The van der Waals surface area contributed by atoms with Crippen molar-refractivity contribution in [3.63, 3.8) is 0 Å². The van der Waals surface area contributed by atoms with Gasteiger partial charge in [-0.05, 0) is 45.6 Å². The molecule has 1 unspecified atom stereocenters. The quantitative estimate of drug-likeness (QED) is 0.691. The largest absolute Gasteiger partial charge is 0.329 e. The van der Waals surface area contributed by atoms with E-state index in [1.54, 1.807) is 0 Å². The molecule has 2 nitrogen and oxygen atoms in total. The predicted molar refractivity (Wildman–Crippen MR) is 73.7 cm³/mol. The number of likely N-dealkylation sites (N-methyl/N-ethyl adjacent to an activating group) is 1. The molecule has 16 heavy (non-hydrogen) atoms. The number of nitrogens with zero attached hydrogens (tertiary/aromatic N) is 1. The fraction of sp³-hybridized carbons (Fsp3) is 1.00. The van der Waals surface area contributed by atoms with E-state index in [0.717, 1.165) is 12.5 Å². The molecule has 0 aromatic rings. The predicted octanol–water partition coefficient (Wildman–Crippen LogP) is 3.26. The second-order valence-electron chi connectivity index (χ2n) is 5.71. The normalized spacial score (nSPS) is 16.1. The summed E-state index contributed by atoms with van der Waals surface area (Å²) in [6.07, 6.45) is 4.89. The van der Waals surface area contributed by atoms with Crippen LogP contribution in [0.1, 0.15) is 60.3 Å². The summed E-state index contributed by atoms with van der Waals surface area (Å²) in [5.74, 6) is 0.765. The van der Waals surface area contributed by atoms with Gasteiger partial charge in [-0.3, -0.25) is 4.90 Å². The van der Waals surface area contributed by atoms with E-state index in [9.17, 15) is 0 Å². The highest BCUT2D eigenvalue weighted by atomic mass is 15.2. The van der Waals surface area contributed by atoms with Crippen molar-refractivity contribution in [2.24, 2.45) is 11.7 Å². The number of hydrogen-bond donors (Lipinski definition) is 1. The Kier molecular flexibility index (Phi) is 7.25. The Bertz CT molecular complexity index is 176. The summed E-state index contributed by atoms with van der Waals surface area (Å²) in [4.78, 5) is 2.51. The summed E-state index contributed by atoms with van der Waals surface area (Å²) in [5, 5.41) is 0. The lowest BCUT2D eigenvalue weighted by molar-refractivity contribution is 0.0744. The van der Waals surface area contributed by atoms with Crippen LogP contribution in [0.4, 0.5) is 0 Å². The first kappa shape index (κ1) is 15.9. The Hall–Kier alpha value is -0.0800. The van der Waals surface area contributed by atoms with Gasteiger partial charge in [0.15, 0.2) is 0 Å². The fourth-order valence-corrected chi connectivity index (χ4v) is 2.30. The first-order chi connectivity index (χ1) is 7.41. The van der Waals surface area contributed by atoms with Gasteiger partial charge in [0.1, 0.15) is 0 Å². The molecule has 0 aliphatic carbocycles. The molecular formula is C14H32N2. The standard InChI is InChI=1S/C14H32N2/c1-7-13(8-2)16(6)14(5,11-15)10-9-12(3)4/h12-13H,7-11,15H2,1-6H3. The summed E-state index contributed by atoms with van der Waals surface area (Å²) in [6, 6.07) is 0.667. The molecule has 0 aliphatic rings. The van der Waals surface area contributed by atoms with Gasteiger partial charge in [0, 0.05) is 18.1 Å². The Labute approximate surface area is 103 Å². The maximum absolute atomic E-state index is 6.00. The molecule has 2 heteroatoms. The maximum Gasteiger partial charge on any atom is 0.0303 e. The van der Waals surface area contributed by atoms with E-state index in [2.05, 4.69) is 46.6 Å². The van der Waals surface area contributed by atoms with Crippen molar-refractivity contribution in [1.29, 1.82) is 0 Å². The molecule has 0 saturated carbocycles. The minimum absolute atomic E-state index is 0.168. The van der Waals surface area contributed by atoms with Crippen molar-refractivity contribution in [3.05, 3.63) is 0 Å². The lowest BCUT2D eigenvalue weighted by Crippen LogP contribution is -2.53. The third-order valence-corrected chi connectivity index (χ3v) is 4.04. The van der Waals surface area contributed by atoms with Crippen molar-refractivity contribution >= 4 is 0 Å². The van der Waals surface area contributed by atoms with Gasteiger partial charge in [-0.25, -0.2) is 0 Å². The van der Waals surface area contributed by atoms with Crippen molar-refractivity contribution in [2.75, 3.05) is 13.6 Å². The number of hydrogen-bond acceptors (Lipinski definition) is 2. The van der Waals surface area contributed by atoms with E-state index in [1.807, 2.05) is 0 Å². The second kappa shape index (κ2) is 7.29. The van der Waals surface area contributed by atoms with Crippen LogP contribution in [0.5, 0.6) is 0 Å². The third-order valence-electron chi connectivity index (χ3n) is 4.04. The summed E-state index contributed by atoms with van der Waals surface area (Å²) < 4.78 is 0. The van der Waals surface area contributed by atoms with E-state index in [4.69, 9.17) is 5.73 Å². The Morgan fingerprint density at radius 2 is 1.69 bits per heavy atom. The molecule has 98 valence electrons. The third kappa shape index (κ3) is 4.42. The lowest BCUT2D eigenvalue weighted by atomic mass is 9.88. The summed E-state index contributed by atoms with van der Waals surface area (Å²) in [6.45, 7) is 12.2. The van der Waals surface area contributed by atoms with E-state index in [0.29, 0.717) is 6.04 Å². The average molecular weight is 228 g/mol. The van der Waals surface area contributed by atoms with Crippen molar-refractivity contribution in [3.8, 4) is 0 Å². The average Bonchev–Trinajstić information content (AvgIpc) is 2.27. The molecule has 0 fully saturated rings. The highest BCUT2D eigenvalue weighted by Gasteiger charge is 2.30. The van der Waals surface area contributed by atoms with Gasteiger partial charge in [-0.1, -0.05) is 27.7 Å². The van der Waals surface area contributed by atoms with Gasteiger partial charge in [0.2, 0.25) is 0 Å². The van der Waals surface area contributed by atoms with Gasteiger partial charge in [-0.2, -0.15) is 0 Å². The summed E-state index contributed by atoms with van der Waals surface area (Å²) >= 11 is 0. The second-order valence-corrected chi connectivity index (χ2v) is 5.71. The first-order valence-corrected chi connectivity index (χ1v) is 6.84. The first-order valence-electron chi connectivity index (χ1n) is 6.84. The van der Waals surface area contributed by atoms with Crippen LogP contribution in [0.15, 0.2) is 0 Å². The van der Waals surface area contributed by atoms with Gasteiger partial charge in [-0.15, -0.1) is 0 Å². The Morgan fingerprint density at radius 1 is 1.19 bits per heavy atom. The topological polar surface area (TPSA) is 29.3 Å². The minimum Gasteiger partial charge on any atom is -0.329 e. The molecule has 0 rings (SSSR count). The van der Waals surface area contributed by atoms with Gasteiger partial charge < -0.3 is 5.73 Å². The molecule has 0 aliphatic heterocycles. The summed E-state index contributed by atoms with van der Waals surface area (Å²) in [7, 11) is 2.24. The molecule has 2 N–H and O–H groups in total. The highest BCUT2D eigenvalue weighted by Crippen LogP contribution is 2.25. The highest BCUT2D eigenvalue weighted by molar-refractivity contribution is 4.88. The van der Waals surface area contributed by atoms with Crippen LogP contribution in [-0.2, 0) is 0 Å². The molecule has 0 radical (unpaired) electrons. The zero-order chi connectivity index (χ0) is 12.8. The molecule has 0 aromatic heterocycles. The maximum atomic E-state index is 6.00. The van der Waals surface area contributed by atoms with Crippen LogP contribution in [0.2, 0.25) is 0 Å². The van der Waals surface area contributed by atoms with Crippen molar-refractivity contribution in [1.82, 2.24) is 4.90 Å². The van der Waals surface area contributed by atoms with Crippen LogP contribution in [0.25, 0.3) is 0 Å². The Morgan fingerprint density at radius 3 is 2.00 bits per heavy atom. The van der Waals surface area contributed by atoms with Crippen LogP contribution in [0, 0.1) is 5.92 Å². The van der Waals surface area contributed by atoms with Crippen LogP contribution < -0.4 is 5.73 Å². The molecule has 1 atom stereocenters. The molecule has 0 heterocycles. The van der Waals surface area contributed by atoms with E-state index in [-0.39, 0.29) is 5.54 Å². The molecule has 0 aromatic carbocycles. The van der Waals surface area contributed by atoms with E-state index >= 15 is 0 Å². The minimum atomic E-state index is 0.168. The number of rotatable bonds is 8. The molecule has 0 saturated heterocycles.